The van der Waals surface area contributed by atoms with Crippen LogP contribution in [-0.2, 0) is 6.54 Å². The fourth-order valence-electron chi connectivity index (χ4n) is 1.82. The van der Waals surface area contributed by atoms with E-state index in [4.69, 9.17) is 11.6 Å². The molecule has 0 spiro atoms. The van der Waals surface area contributed by atoms with Crippen molar-refractivity contribution < 1.29 is 4.79 Å². The molecule has 0 aliphatic heterocycles. The van der Waals surface area contributed by atoms with E-state index in [2.05, 4.69) is 12.0 Å². The Morgan fingerprint density at radius 2 is 2.24 bits per heavy atom. The Hall–Kier alpha value is -1.61. The van der Waals surface area contributed by atoms with Crippen LogP contribution in [0.2, 0.25) is 5.02 Å². The Labute approximate surface area is 105 Å². The van der Waals surface area contributed by atoms with Gasteiger partial charge in [0.2, 0.25) is 0 Å². The maximum absolute atomic E-state index is 11.1. The molecule has 0 aliphatic carbocycles. The predicted octanol–water partition coefficient (Wildman–Crippen LogP) is 3.43. The molecule has 1 aromatic heterocycles. The highest BCUT2D eigenvalue weighted by atomic mass is 35.5. The summed E-state index contributed by atoms with van der Waals surface area (Å²) in [6, 6.07) is 7.22. The molecule has 0 amide bonds. The summed E-state index contributed by atoms with van der Waals surface area (Å²) in [5.74, 6) is 0. The predicted molar refractivity (Wildman–Crippen MR) is 68.4 cm³/mol. The van der Waals surface area contributed by atoms with Gasteiger partial charge in [-0.3, -0.25) is 9.48 Å². The monoisotopic (exact) mass is 248 g/mol. The first-order valence-corrected chi connectivity index (χ1v) is 5.91. The van der Waals surface area contributed by atoms with Gasteiger partial charge < -0.3 is 0 Å². The molecule has 88 valence electrons. The maximum Gasteiger partial charge on any atom is 0.150 e. The fourth-order valence-corrected chi connectivity index (χ4v) is 2.00. The zero-order valence-electron chi connectivity index (χ0n) is 9.56. The van der Waals surface area contributed by atoms with Gasteiger partial charge in [0.25, 0.3) is 0 Å². The van der Waals surface area contributed by atoms with Crippen molar-refractivity contribution in [3.05, 3.63) is 41.0 Å². The Morgan fingerprint density at radius 3 is 2.94 bits per heavy atom. The fraction of sp³-hybridized carbons (Fsp3) is 0.231. The Kier molecular flexibility index (Phi) is 3.59. The summed E-state index contributed by atoms with van der Waals surface area (Å²) in [6.07, 6.45) is 3.57. The number of rotatable bonds is 4. The molecule has 0 atom stereocenters. The van der Waals surface area contributed by atoms with Gasteiger partial charge in [0.05, 0.1) is 5.69 Å². The molecular weight excluding hydrogens is 236 g/mol. The summed E-state index contributed by atoms with van der Waals surface area (Å²) in [6.45, 7) is 2.93. The highest BCUT2D eigenvalue weighted by molar-refractivity contribution is 6.31. The van der Waals surface area contributed by atoms with E-state index in [9.17, 15) is 4.79 Å². The first-order valence-electron chi connectivity index (χ1n) is 5.53. The molecule has 0 unspecified atom stereocenters. The Balaban J connectivity index is 2.52. The van der Waals surface area contributed by atoms with Crippen LogP contribution in [0.25, 0.3) is 11.3 Å². The van der Waals surface area contributed by atoms with Crippen molar-refractivity contribution in [1.29, 1.82) is 0 Å². The third-order valence-corrected chi connectivity index (χ3v) is 2.80. The summed E-state index contributed by atoms with van der Waals surface area (Å²) in [7, 11) is 0. The van der Waals surface area contributed by atoms with E-state index in [1.165, 1.54) is 0 Å². The Bertz CT molecular complexity index is 534. The van der Waals surface area contributed by atoms with E-state index < -0.39 is 0 Å². The van der Waals surface area contributed by atoms with Crippen molar-refractivity contribution in [2.75, 3.05) is 0 Å². The van der Waals surface area contributed by atoms with Gasteiger partial charge in [0.15, 0.2) is 6.29 Å². The maximum atomic E-state index is 11.1. The summed E-state index contributed by atoms with van der Waals surface area (Å²) in [4.78, 5) is 11.1. The molecule has 1 heterocycles. The first-order chi connectivity index (χ1) is 8.26. The van der Waals surface area contributed by atoms with E-state index in [0.717, 1.165) is 30.5 Å². The summed E-state index contributed by atoms with van der Waals surface area (Å²) in [5.41, 5.74) is 2.41. The molecule has 0 aliphatic rings. The van der Waals surface area contributed by atoms with E-state index in [0.29, 0.717) is 10.6 Å². The molecule has 3 nitrogen and oxygen atoms in total. The van der Waals surface area contributed by atoms with Crippen LogP contribution >= 0.6 is 11.6 Å². The lowest BCUT2D eigenvalue weighted by molar-refractivity contribution is 0.112. The average molecular weight is 249 g/mol. The van der Waals surface area contributed by atoms with Crippen LogP contribution in [0.15, 0.2) is 30.5 Å². The number of aromatic nitrogens is 2. The van der Waals surface area contributed by atoms with Crippen LogP contribution in [0.3, 0.4) is 0 Å². The van der Waals surface area contributed by atoms with Crippen LogP contribution < -0.4 is 0 Å². The first kappa shape index (κ1) is 11.9. The van der Waals surface area contributed by atoms with Crippen LogP contribution in [0.5, 0.6) is 0 Å². The van der Waals surface area contributed by atoms with Gasteiger partial charge >= 0.3 is 0 Å². The molecule has 0 bridgehead atoms. The number of hydrogen-bond acceptors (Lipinski definition) is 2. The molecular formula is C13H13ClN2O. The molecule has 0 radical (unpaired) electrons. The number of carbonyl (C=O) groups is 1. The quantitative estimate of drug-likeness (QED) is 0.777. The second kappa shape index (κ2) is 5.15. The number of carbonyl (C=O) groups excluding carboxylic acids is 1. The number of aldehydes is 1. The number of aryl methyl sites for hydroxylation is 1. The molecule has 0 saturated carbocycles. The van der Waals surface area contributed by atoms with Crippen molar-refractivity contribution in [2.24, 2.45) is 0 Å². The topological polar surface area (TPSA) is 34.9 Å². The second-order valence-electron chi connectivity index (χ2n) is 3.79. The summed E-state index contributed by atoms with van der Waals surface area (Å²) in [5, 5.41) is 4.81. The molecule has 1 aromatic carbocycles. The minimum Gasteiger partial charge on any atom is -0.298 e. The van der Waals surface area contributed by atoms with E-state index >= 15 is 0 Å². The lowest BCUT2D eigenvalue weighted by atomic mass is 10.1. The minimum absolute atomic E-state index is 0.567. The number of benzene rings is 1. The normalized spacial score (nSPS) is 10.5. The van der Waals surface area contributed by atoms with Crippen LogP contribution in [0, 0.1) is 0 Å². The third-order valence-electron chi connectivity index (χ3n) is 2.57. The van der Waals surface area contributed by atoms with Crippen LogP contribution in [-0.4, -0.2) is 16.1 Å². The zero-order valence-corrected chi connectivity index (χ0v) is 10.3. The van der Waals surface area contributed by atoms with Gasteiger partial charge in [-0.15, -0.1) is 0 Å². The van der Waals surface area contributed by atoms with Crippen molar-refractivity contribution in [2.45, 2.75) is 19.9 Å². The average Bonchev–Trinajstić information content (AvgIpc) is 2.77. The third kappa shape index (κ3) is 2.39. The largest absolute Gasteiger partial charge is 0.298 e. The van der Waals surface area contributed by atoms with Gasteiger partial charge in [-0.05, 0) is 24.6 Å². The smallest absolute Gasteiger partial charge is 0.150 e. The lowest BCUT2D eigenvalue weighted by Crippen LogP contribution is -2.02. The molecule has 0 fully saturated rings. The molecule has 2 rings (SSSR count). The van der Waals surface area contributed by atoms with Crippen molar-refractivity contribution in [1.82, 2.24) is 9.78 Å². The number of hydrogen-bond donors (Lipinski definition) is 0. The summed E-state index contributed by atoms with van der Waals surface area (Å²) >= 11 is 5.88. The van der Waals surface area contributed by atoms with Crippen LogP contribution in [0.1, 0.15) is 23.7 Å². The molecule has 4 heteroatoms. The van der Waals surface area contributed by atoms with Gasteiger partial charge in [-0.25, -0.2) is 0 Å². The van der Waals surface area contributed by atoms with E-state index in [-0.39, 0.29) is 0 Å². The van der Waals surface area contributed by atoms with Gasteiger partial charge in [-0.2, -0.15) is 5.10 Å². The van der Waals surface area contributed by atoms with E-state index in [1.54, 1.807) is 18.3 Å². The zero-order chi connectivity index (χ0) is 12.3. The highest BCUT2D eigenvalue weighted by Crippen LogP contribution is 2.25. The van der Waals surface area contributed by atoms with Crippen molar-refractivity contribution in [3.8, 4) is 11.3 Å². The molecule has 17 heavy (non-hydrogen) atoms. The molecule has 0 saturated heterocycles. The standard InChI is InChI=1S/C13H13ClN2O/c1-2-7-16-13(5-6-15-16)12-4-3-11(14)8-10(12)9-17/h3-6,8-9H,2,7H2,1H3. The van der Waals surface area contributed by atoms with Gasteiger partial charge in [-0.1, -0.05) is 24.6 Å². The van der Waals surface area contributed by atoms with Gasteiger partial charge in [0.1, 0.15) is 0 Å². The molecule has 2 aromatic rings. The van der Waals surface area contributed by atoms with E-state index in [1.807, 2.05) is 16.8 Å². The van der Waals surface area contributed by atoms with Crippen LogP contribution in [0.4, 0.5) is 0 Å². The minimum atomic E-state index is 0.567. The number of halogens is 1. The highest BCUT2D eigenvalue weighted by Gasteiger charge is 2.09. The number of nitrogens with zero attached hydrogens (tertiary/aromatic N) is 2. The Morgan fingerprint density at radius 1 is 1.41 bits per heavy atom. The SMILES string of the molecule is CCCn1nccc1-c1ccc(Cl)cc1C=O. The van der Waals surface area contributed by atoms with Gasteiger partial charge in [0, 0.05) is 28.9 Å². The summed E-state index contributed by atoms with van der Waals surface area (Å²) < 4.78 is 1.90. The second-order valence-corrected chi connectivity index (χ2v) is 4.23. The molecule has 0 N–H and O–H groups in total. The van der Waals surface area contributed by atoms with Crippen molar-refractivity contribution in [3.63, 3.8) is 0 Å². The lowest BCUT2D eigenvalue weighted by Gasteiger charge is -2.08. The van der Waals surface area contributed by atoms with Crippen molar-refractivity contribution >= 4 is 17.9 Å².